The molecule has 130 valence electrons. The van der Waals surface area contributed by atoms with Gasteiger partial charge in [0.2, 0.25) is 0 Å². The predicted octanol–water partition coefficient (Wildman–Crippen LogP) is 2.45. The van der Waals surface area contributed by atoms with Gasteiger partial charge in [-0.3, -0.25) is 4.90 Å². The number of furan rings is 1. The molecule has 0 saturated carbocycles. The Morgan fingerprint density at radius 2 is 1.88 bits per heavy atom. The summed E-state index contributed by atoms with van der Waals surface area (Å²) in [6.07, 6.45) is 3.66. The first kappa shape index (κ1) is 17.0. The zero-order valence-corrected chi connectivity index (χ0v) is 13.9. The van der Waals surface area contributed by atoms with Crippen LogP contribution < -0.4 is 10.1 Å². The Hall–Kier alpha value is -1.82. The minimum Gasteiger partial charge on any atom is -0.491 e. The van der Waals surface area contributed by atoms with Crippen LogP contribution in [0.15, 0.2) is 53.1 Å². The first-order valence-electron chi connectivity index (χ1n) is 8.67. The van der Waals surface area contributed by atoms with Gasteiger partial charge in [0.05, 0.1) is 12.3 Å². The summed E-state index contributed by atoms with van der Waals surface area (Å²) in [5, 5.41) is 13.4. The van der Waals surface area contributed by atoms with Crippen molar-refractivity contribution in [1.82, 2.24) is 10.2 Å². The van der Waals surface area contributed by atoms with Crippen LogP contribution >= 0.6 is 0 Å². The molecule has 0 radical (unpaired) electrons. The molecule has 1 aromatic carbocycles. The Bertz CT molecular complexity index is 568. The average molecular weight is 330 g/mol. The van der Waals surface area contributed by atoms with Gasteiger partial charge in [0.15, 0.2) is 0 Å². The molecular formula is C19H26N2O3. The number of nitrogens with one attached hydrogen (secondary N) is 1. The lowest BCUT2D eigenvalue weighted by Gasteiger charge is -2.26. The maximum Gasteiger partial charge on any atom is 0.122 e. The van der Waals surface area contributed by atoms with Crippen molar-refractivity contribution in [1.29, 1.82) is 0 Å². The van der Waals surface area contributed by atoms with Crippen molar-refractivity contribution >= 4 is 0 Å². The van der Waals surface area contributed by atoms with Crippen molar-refractivity contribution < 1.29 is 14.3 Å². The lowest BCUT2D eigenvalue weighted by molar-refractivity contribution is 0.103. The van der Waals surface area contributed by atoms with Gasteiger partial charge in [-0.2, -0.15) is 0 Å². The van der Waals surface area contributed by atoms with Gasteiger partial charge in [-0.25, -0.2) is 0 Å². The second kappa shape index (κ2) is 8.87. The van der Waals surface area contributed by atoms with E-state index in [1.54, 1.807) is 6.26 Å². The second-order valence-corrected chi connectivity index (χ2v) is 6.21. The lowest BCUT2D eigenvalue weighted by Crippen LogP contribution is -2.38. The summed E-state index contributed by atoms with van der Waals surface area (Å²) in [7, 11) is 0. The van der Waals surface area contributed by atoms with Gasteiger partial charge in [0.25, 0.3) is 0 Å². The van der Waals surface area contributed by atoms with E-state index in [1.807, 2.05) is 42.5 Å². The molecule has 3 rings (SSSR count). The summed E-state index contributed by atoms with van der Waals surface area (Å²) in [6.45, 7) is 3.75. The highest BCUT2D eigenvalue weighted by Crippen LogP contribution is 2.24. The zero-order valence-electron chi connectivity index (χ0n) is 13.9. The SMILES string of the molecule is O[C@H](CNC[C@H](c1ccco1)N1CCCC1)COc1ccccc1. The van der Waals surface area contributed by atoms with E-state index in [9.17, 15) is 5.11 Å². The Morgan fingerprint density at radius 3 is 2.58 bits per heavy atom. The van der Waals surface area contributed by atoms with Gasteiger partial charge in [-0.1, -0.05) is 18.2 Å². The standard InChI is InChI=1S/C19H26N2O3/c22-16(15-24-17-7-2-1-3-8-17)13-20-14-18(19-9-6-12-23-19)21-10-4-5-11-21/h1-3,6-9,12,16,18,20,22H,4-5,10-11,13-15H2/t16-,18-/m1/s1. The molecular weight excluding hydrogens is 304 g/mol. The van der Waals surface area contributed by atoms with E-state index in [2.05, 4.69) is 10.2 Å². The molecule has 0 amide bonds. The molecule has 1 aromatic heterocycles. The summed E-state index contributed by atoms with van der Waals surface area (Å²) in [6, 6.07) is 13.7. The van der Waals surface area contributed by atoms with Crippen LogP contribution in [0.1, 0.15) is 24.6 Å². The van der Waals surface area contributed by atoms with Crippen molar-refractivity contribution in [3.63, 3.8) is 0 Å². The van der Waals surface area contributed by atoms with Crippen molar-refractivity contribution in [2.24, 2.45) is 0 Å². The quantitative estimate of drug-likeness (QED) is 0.740. The van der Waals surface area contributed by atoms with Crippen molar-refractivity contribution in [3.05, 3.63) is 54.5 Å². The van der Waals surface area contributed by atoms with Crippen LogP contribution in [0.4, 0.5) is 0 Å². The lowest BCUT2D eigenvalue weighted by atomic mass is 10.2. The van der Waals surface area contributed by atoms with Gasteiger partial charge >= 0.3 is 0 Å². The van der Waals surface area contributed by atoms with Gasteiger partial charge in [-0.05, 0) is 50.2 Å². The maximum atomic E-state index is 10.1. The molecule has 5 nitrogen and oxygen atoms in total. The van der Waals surface area contributed by atoms with Gasteiger partial charge in [-0.15, -0.1) is 0 Å². The number of rotatable bonds is 9. The molecule has 2 heterocycles. The third kappa shape index (κ3) is 4.84. The minimum absolute atomic E-state index is 0.227. The Kier molecular flexibility index (Phi) is 6.29. The summed E-state index contributed by atoms with van der Waals surface area (Å²) < 4.78 is 11.2. The minimum atomic E-state index is -0.541. The largest absolute Gasteiger partial charge is 0.491 e. The Morgan fingerprint density at radius 1 is 1.08 bits per heavy atom. The number of ether oxygens (including phenoxy) is 1. The topological polar surface area (TPSA) is 57.9 Å². The van der Waals surface area contributed by atoms with Crippen molar-refractivity contribution in [3.8, 4) is 5.75 Å². The van der Waals surface area contributed by atoms with Crippen LogP contribution in [0.2, 0.25) is 0 Å². The molecule has 2 aromatic rings. The molecule has 24 heavy (non-hydrogen) atoms. The third-order valence-electron chi connectivity index (χ3n) is 4.36. The zero-order chi connectivity index (χ0) is 16.6. The van der Waals surface area contributed by atoms with Crippen molar-refractivity contribution in [2.75, 3.05) is 32.8 Å². The molecule has 2 N–H and O–H groups in total. The number of aliphatic hydroxyl groups is 1. The number of hydrogen-bond donors (Lipinski definition) is 2. The number of benzene rings is 1. The number of aliphatic hydroxyl groups excluding tert-OH is 1. The fourth-order valence-electron chi connectivity index (χ4n) is 3.10. The Labute approximate surface area is 143 Å². The molecule has 1 aliphatic heterocycles. The molecule has 0 spiro atoms. The van der Waals surface area contributed by atoms with Crippen LogP contribution in [-0.4, -0.2) is 48.9 Å². The summed E-state index contributed by atoms with van der Waals surface area (Å²) in [5.41, 5.74) is 0. The van der Waals surface area contributed by atoms with Gasteiger partial charge in [0, 0.05) is 13.1 Å². The van der Waals surface area contributed by atoms with E-state index in [0.717, 1.165) is 31.1 Å². The van der Waals surface area contributed by atoms with Gasteiger partial charge < -0.3 is 19.6 Å². The van der Waals surface area contributed by atoms with Crippen LogP contribution in [0, 0.1) is 0 Å². The molecule has 0 bridgehead atoms. The average Bonchev–Trinajstić information content (AvgIpc) is 3.31. The highest BCUT2D eigenvalue weighted by Gasteiger charge is 2.25. The number of para-hydroxylation sites is 1. The molecule has 1 saturated heterocycles. The fourth-order valence-corrected chi connectivity index (χ4v) is 3.10. The van der Waals surface area contributed by atoms with E-state index < -0.39 is 6.10 Å². The summed E-state index contributed by atoms with van der Waals surface area (Å²) in [5.74, 6) is 1.77. The fraction of sp³-hybridized carbons (Fsp3) is 0.474. The highest BCUT2D eigenvalue weighted by molar-refractivity contribution is 5.20. The predicted molar refractivity (Wildman–Crippen MR) is 93.1 cm³/mol. The van der Waals surface area contributed by atoms with Crippen LogP contribution in [0.25, 0.3) is 0 Å². The van der Waals surface area contributed by atoms with E-state index in [4.69, 9.17) is 9.15 Å². The van der Waals surface area contributed by atoms with Crippen LogP contribution in [-0.2, 0) is 0 Å². The molecule has 2 atom stereocenters. The van der Waals surface area contributed by atoms with E-state index in [0.29, 0.717) is 6.54 Å². The summed E-state index contributed by atoms with van der Waals surface area (Å²) >= 11 is 0. The molecule has 1 fully saturated rings. The second-order valence-electron chi connectivity index (χ2n) is 6.21. The summed E-state index contributed by atoms with van der Waals surface area (Å²) in [4.78, 5) is 2.44. The third-order valence-corrected chi connectivity index (χ3v) is 4.36. The monoisotopic (exact) mass is 330 g/mol. The molecule has 5 heteroatoms. The molecule has 0 unspecified atom stereocenters. The highest BCUT2D eigenvalue weighted by atomic mass is 16.5. The van der Waals surface area contributed by atoms with Crippen LogP contribution in [0.3, 0.4) is 0 Å². The van der Waals surface area contributed by atoms with E-state index in [1.165, 1.54) is 12.8 Å². The molecule has 0 aliphatic carbocycles. The van der Waals surface area contributed by atoms with Crippen LogP contribution in [0.5, 0.6) is 5.75 Å². The first-order valence-corrected chi connectivity index (χ1v) is 8.67. The number of nitrogens with zero attached hydrogens (tertiary/aromatic N) is 1. The number of likely N-dealkylation sites (tertiary alicyclic amines) is 1. The van der Waals surface area contributed by atoms with Gasteiger partial charge in [0.1, 0.15) is 24.2 Å². The smallest absolute Gasteiger partial charge is 0.122 e. The normalized spacial score (nSPS) is 17.7. The molecule has 1 aliphatic rings. The number of hydrogen-bond acceptors (Lipinski definition) is 5. The van der Waals surface area contributed by atoms with E-state index >= 15 is 0 Å². The Balaban J connectivity index is 1.43. The maximum absolute atomic E-state index is 10.1. The van der Waals surface area contributed by atoms with Crippen molar-refractivity contribution in [2.45, 2.75) is 25.0 Å². The first-order chi connectivity index (χ1) is 11.8. The van der Waals surface area contributed by atoms with E-state index in [-0.39, 0.29) is 12.6 Å².